The van der Waals surface area contributed by atoms with Crippen LogP contribution in [0.1, 0.15) is 27.2 Å². The van der Waals surface area contributed by atoms with Crippen molar-refractivity contribution in [2.45, 2.75) is 33.6 Å². The molecule has 1 nitrogen and oxygen atoms in total. The highest BCUT2D eigenvalue weighted by Crippen LogP contribution is 2.32. The summed E-state index contributed by atoms with van der Waals surface area (Å²) in [7, 11) is 0. The third kappa shape index (κ3) is 3.14. The second-order valence-electron chi connectivity index (χ2n) is 3.56. The second-order valence-corrected chi connectivity index (χ2v) is 3.56. The molecular formula is C8H16F2O. The Morgan fingerprint density at radius 2 is 1.82 bits per heavy atom. The Morgan fingerprint density at radius 3 is 1.91 bits per heavy atom. The van der Waals surface area contributed by atoms with Crippen molar-refractivity contribution >= 4 is 0 Å². The lowest BCUT2D eigenvalue weighted by Crippen LogP contribution is -2.30. The van der Waals surface area contributed by atoms with Gasteiger partial charge >= 0.3 is 0 Å². The molecule has 1 unspecified atom stereocenters. The molecule has 0 spiro atoms. The fourth-order valence-corrected chi connectivity index (χ4v) is 0.835. The standard InChI is InChI=1S/C8H16F2O/c1-6(2)8(3,5-11)4-7(9)10/h6-7,11H,4-5H2,1-3H3. The molecule has 0 amide bonds. The van der Waals surface area contributed by atoms with Gasteiger partial charge in [0, 0.05) is 13.0 Å². The monoisotopic (exact) mass is 166 g/mol. The van der Waals surface area contributed by atoms with Crippen LogP contribution < -0.4 is 0 Å². The average Bonchev–Trinajstić information content (AvgIpc) is 1.86. The summed E-state index contributed by atoms with van der Waals surface area (Å²) in [4.78, 5) is 0. The fourth-order valence-electron chi connectivity index (χ4n) is 0.835. The maximum absolute atomic E-state index is 12.0. The Bertz CT molecular complexity index is 115. The first-order valence-electron chi connectivity index (χ1n) is 3.81. The third-order valence-corrected chi connectivity index (χ3v) is 2.38. The molecule has 1 N–H and O–H groups in total. The molecule has 0 bridgehead atoms. The minimum Gasteiger partial charge on any atom is -0.396 e. The van der Waals surface area contributed by atoms with Crippen LogP contribution in [0.5, 0.6) is 0 Å². The average molecular weight is 166 g/mol. The summed E-state index contributed by atoms with van der Waals surface area (Å²) in [6.45, 7) is 5.20. The van der Waals surface area contributed by atoms with Crippen LogP contribution >= 0.6 is 0 Å². The van der Waals surface area contributed by atoms with Crippen molar-refractivity contribution in [3.05, 3.63) is 0 Å². The first-order valence-corrected chi connectivity index (χ1v) is 3.81. The van der Waals surface area contributed by atoms with Gasteiger partial charge in [-0.05, 0) is 11.3 Å². The zero-order valence-electron chi connectivity index (χ0n) is 7.27. The van der Waals surface area contributed by atoms with Crippen LogP contribution in [0.4, 0.5) is 8.78 Å². The predicted octanol–water partition coefficient (Wildman–Crippen LogP) is 2.30. The lowest BCUT2D eigenvalue weighted by Gasteiger charge is -2.31. The molecule has 0 saturated heterocycles. The van der Waals surface area contributed by atoms with E-state index in [1.807, 2.05) is 13.8 Å². The van der Waals surface area contributed by atoms with Gasteiger partial charge in [0.15, 0.2) is 0 Å². The molecule has 11 heavy (non-hydrogen) atoms. The molecule has 1 atom stereocenters. The highest BCUT2D eigenvalue weighted by atomic mass is 19.3. The molecule has 0 aromatic carbocycles. The fraction of sp³-hybridized carbons (Fsp3) is 1.00. The third-order valence-electron chi connectivity index (χ3n) is 2.38. The molecular weight excluding hydrogens is 150 g/mol. The number of aliphatic hydroxyl groups excluding tert-OH is 1. The van der Waals surface area contributed by atoms with E-state index in [-0.39, 0.29) is 18.9 Å². The van der Waals surface area contributed by atoms with Gasteiger partial charge in [-0.3, -0.25) is 0 Å². The van der Waals surface area contributed by atoms with Crippen LogP contribution in [0, 0.1) is 11.3 Å². The van der Waals surface area contributed by atoms with E-state index in [2.05, 4.69) is 0 Å². The minimum absolute atomic E-state index is 0.0847. The molecule has 0 radical (unpaired) electrons. The lowest BCUT2D eigenvalue weighted by molar-refractivity contribution is 0.0152. The van der Waals surface area contributed by atoms with Crippen LogP contribution in [-0.2, 0) is 0 Å². The minimum atomic E-state index is -2.32. The SMILES string of the molecule is CC(C)C(C)(CO)CC(F)F. The van der Waals surface area contributed by atoms with Gasteiger partial charge in [-0.2, -0.15) is 0 Å². The number of rotatable bonds is 4. The maximum Gasteiger partial charge on any atom is 0.239 e. The van der Waals surface area contributed by atoms with Crippen molar-refractivity contribution < 1.29 is 13.9 Å². The van der Waals surface area contributed by atoms with Crippen molar-refractivity contribution in [2.75, 3.05) is 6.61 Å². The van der Waals surface area contributed by atoms with Crippen LogP contribution in [-0.4, -0.2) is 18.1 Å². The van der Waals surface area contributed by atoms with Crippen LogP contribution in [0.2, 0.25) is 0 Å². The van der Waals surface area contributed by atoms with E-state index in [1.54, 1.807) is 6.92 Å². The van der Waals surface area contributed by atoms with Crippen molar-refractivity contribution in [1.29, 1.82) is 0 Å². The quantitative estimate of drug-likeness (QED) is 0.679. The number of hydrogen-bond donors (Lipinski definition) is 1. The van der Waals surface area contributed by atoms with E-state index in [4.69, 9.17) is 5.11 Å². The molecule has 0 rings (SSSR count). The number of halogens is 2. The summed E-state index contributed by atoms with van der Waals surface area (Å²) >= 11 is 0. The zero-order valence-corrected chi connectivity index (χ0v) is 7.27. The van der Waals surface area contributed by atoms with Crippen LogP contribution in [0.25, 0.3) is 0 Å². The van der Waals surface area contributed by atoms with Crippen molar-refractivity contribution in [1.82, 2.24) is 0 Å². The van der Waals surface area contributed by atoms with Gasteiger partial charge in [0.1, 0.15) is 0 Å². The molecule has 0 saturated carbocycles. The zero-order chi connectivity index (χ0) is 9.07. The lowest BCUT2D eigenvalue weighted by atomic mass is 9.77. The largest absolute Gasteiger partial charge is 0.396 e. The van der Waals surface area contributed by atoms with Crippen molar-refractivity contribution in [3.8, 4) is 0 Å². The summed E-state index contributed by atoms with van der Waals surface area (Å²) in [6, 6.07) is 0. The second kappa shape index (κ2) is 4.00. The van der Waals surface area contributed by atoms with Crippen LogP contribution in [0.15, 0.2) is 0 Å². The number of alkyl halides is 2. The van der Waals surface area contributed by atoms with E-state index in [0.717, 1.165) is 0 Å². The highest BCUT2D eigenvalue weighted by molar-refractivity contribution is 4.77. The summed E-state index contributed by atoms with van der Waals surface area (Å²) in [5.74, 6) is 0.0847. The maximum atomic E-state index is 12.0. The summed E-state index contributed by atoms with van der Waals surface area (Å²) < 4.78 is 23.9. The Balaban J connectivity index is 4.10. The normalized spacial score (nSPS) is 17.5. The van der Waals surface area contributed by atoms with Crippen molar-refractivity contribution in [3.63, 3.8) is 0 Å². The first-order chi connectivity index (χ1) is 4.92. The van der Waals surface area contributed by atoms with Gasteiger partial charge in [-0.25, -0.2) is 8.78 Å². The van der Waals surface area contributed by atoms with Gasteiger partial charge in [0.25, 0.3) is 0 Å². The molecule has 0 aliphatic heterocycles. The summed E-state index contributed by atoms with van der Waals surface area (Å²) in [5.41, 5.74) is -0.631. The van der Waals surface area contributed by atoms with E-state index in [9.17, 15) is 8.78 Å². The number of aliphatic hydroxyl groups is 1. The Hall–Kier alpha value is -0.180. The van der Waals surface area contributed by atoms with E-state index >= 15 is 0 Å². The number of hydrogen-bond acceptors (Lipinski definition) is 1. The van der Waals surface area contributed by atoms with E-state index in [0.29, 0.717) is 0 Å². The van der Waals surface area contributed by atoms with Crippen LogP contribution in [0.3, 0.4) is 0 Å². The molecule has 0 aliphatic rings. The molecule has 0 aliphatic carbocycles. The summed E-state index contributed by atoms with van der Waals surface area (Å²) in [6.07, 6.45) is -2.55. The smallest absolute Gasteiger partial charge is 0.239 e. The molecule has 0 heterocycles. The molecule has 68 valence electrons. The molecule has 0 aromatic rings. The van der Waals surface area contributed by atoms with E-state index < -0.39 is 11.8 Å². The van der Waals surface area contributed by atoms with Gasteiger partial charge in [0.2, 0.25) is 6.43 Å². The predicted molar refractivity (Wildman–Crippen MR) is 40.7 cm³/mol. The molecule has 3 heteroatoms. The first kappa shape index (κ1) is 10.8. The van der Waals surface area contributed by atoms with Gasteiger partial charge in [-0.1, -0.05) is 20.8 Å². The van der Waals surface area contributed by atoms with E-state index in [1.165, 1.54) is 0 Å². The van der Waals surface area contributed by atoms with Gasteiger partial charge < -0.3 is 5.11 Å². The summed E-state index contributed by atoms with van der Waals surface area (Å²) in [5, 5.41) is 8.87. The Morgan fingerprint density at radius 1 is 1.36 bits per heavy atom. The van der Waals surface area contributed by atoms with Gasteiger partial charge in [-0.15, -0.1) is 0 Å². The Labute approximate surface area is 66.4 Å². The van der Waals surface area contributed by atoms with Gasteiger partial charge in [0.05, 0.1) is 0 Å². The highest BCUT2D eigenvalue weighted by Gasteiger charge is 2.30. The Kier molecular flexibility index (Phi) is 3.93. The topological polar surface area (TPSA) is 20.2 Å². The molecule has 0 aromatic heterocycles. The van der Waals surface area contributed by atoms with Crippen molar-refractivity contribution in [2.24, 2.45) is 11.3 Å². The molecule has 0 fully saturated rings.